The van der Waals surface area contributed by atoms with Crippen LogP contribution in [0.4, 0.5) is 5.69 Å². The standard InChI is InChI=1S/C35H42Cl2N4O5/c1-39-20-28(27-7-3-4-8-32(27)39)34(43)38-31-18-29(36)23(15-30(31)37)16-33(42)41-19-24(40-13-5-2-6-14-40)17-25(41)21-46-26-11-9-22(10-12-26)35(44)45/h3-4,7-8,15,18,20,22,24-26H,2,5-6,9-14,16-17,19,21H2,1H3,(H,38,43)(H,44,45)/t22?,24-,25-,26?/m0/s1. The van der Waals surface area contributed by atoms with E-state index in [1.54, 1.807) is 18.3 Å². The van der Waals surface area contributed by atoms with Crippen molar-refractivity contribution >= 4 is 57.6 Å². The molecule has 6 rings (SSSR count). The quantitative estimate of drug-likeness (QED) is 0.274. The van der Waals surface area contributed by atoms with Crippen molar-refractivity contribution in [2.75, 3.05) is 31.6 Å². The fourth-order valence-electron chi connectivity index (χ4n) is 7.42. The van der Waals surface area contributed by atoms with Gasteiger partial charge in [0.1, 0.15) is 0 Å². The molecule has 0 bridgehead atoms. The smallest absolute Gasteiger partial charge is 0.306 e. The fraction of sp³-hybridized carbons (Fsp3) is 0.514. The summed E-state index contributed by atoms with van der Waals surface area (Å²) in [6, 6.07) is 11.2. The molecule has 2 N–H and O–H groups in total. The number of carboxylic acid groups (broad SMARTS) is 1. The van der Waals surface area contributed by atoms with Crippen molar-refractivity contribution in [3.8, 4) is 0 Å². The number of aromatic nitrogens is 1. The summed E-state index contributed by atoms with van der Waals surface area (Å²) < 4.78 is 8.23. The number of likely N-dealkylation sites (tertiary alicyclic amines) is 2. The average Bonchev–Trinajstić information content (AvgIpc) is 3.64. The molecule has 246 valence electrons. The van der Waals surface area contributed by atoms with Crippen LogP contribution in [0, 0.1) is 5.92 Å². The van der Waals surface area contributed by atoms with Crippen LogP contribution in [0.5, 0.6) is 0 Å². The number of rotatable bonds is 9. The first kappa shape index (κ1) is 32.8. The van der Waals surface area contributed by atoms with Crippen LogP contribution in [0.3, 0.4) is 0 Å². The van der Waals surface area contributed by atoms with Gasteiger partial charge >= 0.3 is 5.97 Å². The summed E-state index contributed by atoms with van der Waals surface area (Å²) in [7, 11) is 1.90. The summed E-state index contributed by atoms with van der Waals surface area (Å²) in [6.45, 7) is 3.18. The molecule has 2 aromatic carbocycles. The van der Waals surface area contributed by atoms with Crippen molar-refractivity contribution in [1.29, 1.82) is 0 Å². The van der Waals surface area contributed by atoms with E-state index in [2.05, 4.69) is 10.2 Å². The molecule has 2 amide bonds. The Hall–Kier alpha value is -3.11. The SMILES string of the molecule is Cn1cc(C(=O)Nc2cc(Cl)c(CC(=O)N3C[C@@H](N4CCCCC4)C[C@H]3COC3CCC(C(=O)O)CC3)cc2Cl)c2ccccc21. The summed E-state index contributed by atoms with van der Waals surface area (Å²) in [5, 5.41) is 13.8. The molecular weight excluding hydrogens is 627 g/mol. The van der Waals surface area contributed by atoms with Gasteiger partial charge in [-0.3, -0.25) is 19.3 Å². The summed E-state index contributed by atoms with van der Waals surface area (Å²) in [4.78, 5) is 42.9. The number of para-hydroxylation sites is 1. The highest BCUT2D eigenvalue weighted by molar-refractivity contribution is 6.36. The third kappa shape index (κ3) is 7.23. The molecule has 9 nitrogen and oxygen atoms in total. The number of carbonyl (C=O) groups is 3. The molecular formula is C35H42Cl2N4O5. The van der Waals surface area contributed by atoms with Gasteiger partial charge in [0, 0.05) is 41.8 Å². The van der Waals surface area contributed by atoms with Crippen molar-refractivity contribution in [1.82, 2.24) is 14.4 Å². The number of aliphatic carboxylic acids is 1. The van der Waals surface area contributed by atoms with E-state index in [4.69, 9.17) is 27.9 Å². The normalized spacial score (nSPS) is 23.9. The summed E-state index contributed by atoms with van der Waals surface area (Å²) in [5.41, 5.74) is 2.47. The van der Waals surface area contributed by atoms with Crippen molar-refractivity contribution in [3.05, 3.63) is 63.8 Å². The zero-order valence-electron chi connectivity index (χ0n) is 26.2. The number of aryl methyl sites for hydroxylation is 1. The molecule has 3 aliphatic rings. The third-order valence-electron chi connectivity index (χ3n) is 10.0. The molecule has 1 aromatic heterocycles. The molecule has 0 unspecified atom stereocenters. The third-order valence-corrected chi connectivity index (χ3v) is 10.7. The van der Waals surface area contributed by atoms with Crippen LogP contribution >= 0.6 is 23.2 Å². The Bertz CT molecular complexity index is 1600. The van der Waals surface area contributed by atoms with Gasteiger partial charge in [-0.15, -0.1) is 0 Å². The second-order valence-corrected chi connectivity index (χ2v) is 13.9. The Labute approximate surface area is 279 Å². The summed E-state index contributed by atoms with van der Waals surface area (Å²) in [6.07, 6.45) is 9.05. The van der Waals surface area contributed by atoms with Crippen LogP contribution in [-0.2, 0) is 27.8 Å². The predicted molar refractivity (Wildman–Crippen MR) is 180 cm³/mol. The number of nitrogens with zero attached hydrogens (tertiary/aromatic N) is 3. The van der Waals surface area contributed by atoms with Gasteiger partial charge in [0.2, 0.25) is 5.91 Å². The number of anilines is 1. The number of nitrogens with one attached hydrogen (secondary N) is 1. The first-order valence-corrected chi connectivity index (χ1v) is 17.1. The Morgan fingerprint density at radius 1 is 1.00 bits per heavy atom. The van der Waals surface area contributed by atoms with Crippen LogP contribution in [0.1, 0.15) is 67.3 Å². The minimum absolute atomic E-state index is 0.0199. The highest BCUT2D eigenvalue weighted by Crippen LogP contribution is 2.33. The molecule has 2 atom stereocenters. The van der Waals surface area contributed by atoms with E-state index in [0.717, 1.165) is 43.3 Å². The van der Waals surface area contributed by atoms with Crippen molar-refractivity contribution in [3.63, 3.8) is 0 Å². The monoisotopic (exact) mass is 668 g/mol. The van der Waals surface area contributed by atoms with E-state index in [1.807, 2.05) is 40.8 Å². The number of hydrogen-bond donors (Lipinski definition) is 2. The van der Waals surface area contributed by atoms with Gasteiger partial charge in [0.25, 0.3) is 5.91 Å². The minimum atomic E-state index is -0.727. The van der Waals surface area contributed by atoms with Gasteiger partial charge in [-0.25, -0.2) is 0 Å². The van der Waals surface area contributed by atoms with Crippen LogP contribution < -0.4 is 5.32 Å². The number of fused-ring (bicyclic) bond motifs is 1. The van der Waals surface area contributed by atoms with Gasteiger partial charge in [-0.2, -0.15) is 0 Å². The number of piperidine rings is 1. The Kier molecular flexibility index (Phi) is 10.2. The van der Waals surface area contributed by atoms with Crippen molar-refractivity contribution < 1.29 is 24.2 Å². The lowest BCUT2D eigenvalue weighted by atomic mass is 9.87. The average molecular weight is 670 g/mol. The number of amides is 2. The van der Waals surface area contributed by atoms with Crippen LogP contribution in [0.25, 0.3) is 10.9 Å². The largest absolute Gasteiger partial charge is 0.481 e. The molecule has 0 spiro atoms. The first-order chi connectivity index (χ1) is 22.2. The maximum Gasteiger partial charge on any atom is 0.306 e. The number of ether oxygens (including phenoxy) is 1. The molecule has 2 saturated heterocycles. The van der Waals surface area contributed by atoms with E-state index in [0.29, 0.717) is 52.9 Å². The second-order valence-electron chi connectivity index (χ2n) is 13.1. The molecule has 3 heterocycles. The molecule has 2 aliphatic heterocycles. The summed E-state index contributed by atoms with van der Waals surface area (Å²) >= 11 is 13.4. The van der Waals surface area contributed by atoms with Gasteiger partial charge in [-0.1, -0.05) is 47.8 Å². The molecule has 3 aromatic rings. The predicted octanol–water partition coefficient (Wildman–Crippen LogP) is 6.40. The minimum Gasteiger partial charge on any atom is -0.481 e. The van der Waals surface area contributed by atoms with Gasteiger partial charge in [0.15, 0.2) is 0 Å². The lowest BCUT2D eigenvalue weighted by molar-refractivity contribution is -0.144. The molecule has 3 fully saturated rings. The highest BCUT2D eigenvalue weighted by Gasteiger charge is 2.39. The maximum atomic E-state index is 13.9. The van der Waals surface area contributed by atoms with Crippen molar-refractivity contribution in [2.45, 2.75) is 76.0 Å². The Balaban J connectivity index is 1.13. The zero-order valence-corrected chi connectivity index (χ0v) is 27.7. The lowest BCUT2D eigenvalue weighted by Crippen LogP contribution is -2.43. The van der Waals surface area contributed by atoms with Crippen LogP contribution in [0.2, 0.25) is 10.0 Å². The Morgan fingerprint density at radius 2 is 1.74 bits per heavy atom. The van der Waals surface area contributed by atoms with Crippen molar-refractivity contribution in [2.24, 2.45) is 13.0 Å². The molecule has 1 saturated carbocycles. The van der Waals surface area contributed by atoms with Crippen LogP contribution in [0.15, 0.2) is 42.6 Å². The van der Waals surface area contributed by atoms with E-state index >= 15 is 0 Å². The summed E-state index contributed by atoms with van der Waals surface area (Å²) in [5.74, 6) is -1.34. The molecule has 0 radical (unpaired) electrons. The van der Waals surface area contributed by atoms with Crippen LogP contribution in [-0.4, -0.2) is 81.7 Å². The molecule has 46 heavy (non-hydrogen) atoms. The number of hydrogen-bond acceptors (Lipinski definition) is 5. The van der Waals surface area contributed by atoms with Gasteiger partial charge in [0.05, 0.1) is 47.4 Å². The topological polar surface area (TPSA) is 104 Å². The zero-order chi connectivity index (χ0) is 32.4. The first-order valence-electron chi connectivity index (χ1n) is 16.4. The molecule has 1 aliphatic carbocycles. The highest BCUT2D eigenvalue weighted by atomic mass is 35.5. The number of carboxylic acids is 1. The number of benzene rings is 2. The number of carbonyl (C=O) groups excluding carboxylic acids is 2. The fourth-order valence-corrected chi connectivity index (χ4v) is 7.89. The van der Waals surface area contributed by atoms with E-state index in [1.165, 1.54) is 19.3 Å². The van der Waals surface area contributed by atoms with Gasteiger partial charge < -0.3 is 24.6 Å². The van der Waals surface area contributed by atoms with E-state index in [9.17, 15) is 19.5 Å². The molecule has 11 heteroatoms. The van der Waals surface area contributed by atoms with E-state index in [-0.39, 0.29) is 42.3 Å². The second kappa shape index (κ2) is 14.3. The van der Waals surface area contributed by atoms with Gasteiger partial charge in [-0.05, 0) is 81.8 Å². The Morgan fingerprint density at radius 3 is 2.48 bits per heavy atom. The lowest BCUT2D eigenvalue weighted by Gasteiger charge is -2.32. The maximum absolute atomic E-state index is 13.9. The van der Waals surface area contributed by atoms with E-state index < -0.39 is 5.97 Å². The number of halogens is 2.